The maximum Gasteiger partial charge on any atom is 0.185 e. The summed E-state index contributed by atoms with van der Waals surface area (Å²) in [6, 6.07) is 8.72. The molecule has 0 radical (unpaired) electrons. The summed E-state index contributed by atoms with van der Waals surface area (Å²) >= 11 is 5.86. The Balaban J connectivity index is 1.77. The van der Waals surface area contributed by atoms with Gasteiger partial charge in [-0.2, -0.15) is 0 Å². The number of rotatable bonds is 3. The summed E-state index contributed by atoms with van der Waals surface area (Å²) in [4.78, 5) is 4.18. The molecule has 1 aliphatic heterocycles. The number of benzene rings is 1. The van der Waals surface area contributed by atoms with Gasteiger partial charge in [0, 0.05) is 11.5 Å². The SMILES string of the molecule is C#C[C@@]1(O)[C@@H](COc2ccc3ccc(Cl)nc3c2)OC(O)[C@@H]1O. The summed E-state index contributed by atoms with van der Waals surface area (Å²) in [5.74, 6) is 2.52. The Morgan fingerprint density at radius 3 is 2.83 bits per heavy atom. The molecule has 6 nitrogen and oxygen atoms in total. The van der Waals surface area contributed by atoms with Gasteiger partial charge in [0.15, 0.2) is 11.9 Å². The van der Waals surface area contributed by atoms with Crippen LogP contribution in [0.2, 0.25) is 5.15 Å². The van der Waals surface area contributed by atoms with Crippen LogP contribution in [0, 0.1) is 12.3 Å². The minimum absolute atomic E-state index is 0.152. The summed E-state index contributed by atoms with van der Waals surface area (Å²) in [5.41, 5.74) is -1.37. The van der Waals surface area contributed by atoms with E-state index >= 15 is 0 Å². The number of terminal acetylenes is 1. The normalized spacial score (nSPS) is 30.3. The van der Waals surface area contributed by atoms with Crippen molar-refractivity contribution in [3.8, 4) is 18.1 Å². The zero-order valence-corrected chi connectivity index (χ0v) is 12.6. The number of aliphatic hydroxyl groups excluding tert-OH is 2. The van der Waals surface area contributed by atoms with E-state index in [1.807, 2.05) is 6.07 Å². The lowest BCUT2D eigenvalue weighted by Gasteiger charge is -2.24. The molecule has 1 aliphatic rings. The van der Waals surface area contributed by atoms with E-state index in [2.05, 4.69) is 10.9 Å². The van der Waals surface area contributed by atoms with Crippen LogP contribution in [0.25, 0.3) is 10.9 Å². The molecule has 1 aromatic heterocycles. The molecule has 0 aliphatic carbocycles. The summed E-state index contributed by atoms with van der Waals surface area (Å²) < 4.78 is 10.6. The van der Waals surface area contributed by atoms with E-state index < -0.39 is 24.1 Å². The molecule has 1 saturated heterocycles. The second-order valence-corrected chi connectivity index (χ2v) is 5.62. The Hall–Kier alpha value is -1.88. The summed E-state index contributed by atoms with van der Waals surface area (Å²) in [5, 5.41) is 30.7. The lowest BCUT2D eigenvalue weighted by Crippen LogP contribution is -2.49. The smallest absolute Gasteiger partial charge is 0.185 e. The van der Waals surface area contributed by atoms with Gasteiger partial charge in [-0.1, -0.05) is 17.5 Å². The van der Waals surface area contributed by atoms with Crippen LogP contribution in [0.15, 0.2) is 30.3 Å². The second kappa shape index (κ2) is 5.96. The van der Waals surface area contributed by atoms with Crippen molar-refractivity contribution >= 4 is 22.5 Å². The minimum Gasteiger partial charge on any atom is -0.491 e. The largest absolute Gasteiger partial charge is 0.491 e. The predicted molar refractivity (Wildman–Crippen MR) is 82.9 cm³/mol. The molecule has 0 amide bonds. The van der Waals surface area contributed by atoms with Crippen LogP contribution in [-0.4, -0.2) is 51.0 Å². The first kappa shape index (κ1) is 16.0. The molecule has 0 bridgehead atoms. The van der Waals surface area contributed by atoms with Crippen LogP contribution >= 0.6 is 11.6 Å². The Labute approximate surface area is 137 Å². The zero-order chi connectivity index (χ0) is 16.6. The molecule has 3 rings (SSSR count). The summed E-state index contributed by atoms with van der Waals surface area (Å²) in [6.07, 6.45) is 1.00. The fourth-order valence-electron chi connectivity index (χ4n) is 2.43. The highest BCUT2D eigenvalue weighted by atomic mass is 35.5. The van der Waals surface area contributed by atoms with E-state index in [4.69, 9.17) is 27.5 Å². The maximum absolute atomic E-state index is 10.2. The van der Waals surface area contributed by atoms with E-state index in [1.54, 1.807) is 24.3 Å². The van der Waals surface area contributed by atoms with Gasteiger partial charge in [-0.3, -0.25) is 0 Å². The molecule has 7 heteroatoms. The van der Waals surface area contributed by atoms with Crippen molar-refractivity contribution in [3.63, 3.8) is 0 Å². The van der Waals surface area contributed by atoms with Gasteiger partial charge in [0.25, 0.3) is 0 Å². The number of aromatic nitrogens is 1. The van der Waals surface area contributed by atoms with Gasteiger partial charge in [0.1, 0.15) is 29.7 Å². The highest BCUT2D eigenvalue weighted by molar-refractivity contribution is 6.29. The van der Waals surface area contributed by atoms with Crippen molar-refractivity contribution in [2.24, 2.45) is 0 Å². The molecule has 1 aromatic carbocycles. The molecular weight excluding hydrogens is 322 g/mol. The molecule has 120 valence electrons. The monoisotopic (exact) mass is 335 g/mol. The first-order valence-electron chi connectivity index (χ1n) is 6.85. The molecule has 23 heavy (non-hydrogen) atoms. The van der Waals surface area contributed by atoms with Gasteiger partial charge in [0.2, 0.25) is 0 Å². The van der Waals surface area contributed by atoms with Crippen molar-refractivity contribution in [1.29, 1.82) is 0 Å². The molecule has 4 atom stereocenters. The van der Waals surface area contributed by atoms with Gasteiger partial charge < -0.3 is 24.8 Å². The quantitative estimate of drug-likeness (QED) is 0.565. The fraction of sp³-hybridized carbons (Fsp3) is 0.312. The number of ether oxygens (including phenoxy) is 2. The van der Waals surface area contributed by atoms with Crippen molar-refractivity contribution in [2.75, 3.05) is 6.61 Å². The average Bonchev–Trinajstić information content (AvgIpc) is 2.77. The highest BCUT2D eigenvalue weighted by Gasteiger charge is 2.54. The van der Waals surface area contributed by atoms with E-state index in [0.717, 1.165) is 5.39 Å². The molecule has 2 aromatic rings. The van der Waals surface area contributed by atoms with Crippen LogP contribution in [-0.2, 0) is 4.74 Å². The molecule has 3 N–H and O–H groups in total. The van der Waals surface area contributed by atoms with Crippen LogP contribution in [0.4, 0.5) is 0 Å². The molecule has 0 spiro atoms. The van der Waals surface area contributed by atoms with E-state index in [9.17, 15) is 15.3 Å². The second-order valence-electron chi connectivity index (χ2n) is 5.23. The number of nitrogens with zero attached hydrogens (tertiary/aromatic N) is 1. The molecule has 2 heterocycles. The van der Waals surface area contributed by atoms with E-state index in [0.29, 0.717) is 16.4 Å². The highest BCUT2D eigenvalue weighted by Crippen LogP contribution is 2.30. The van der Waals surface area contributed by atoms with Gasteiger partial charge in [-0.15, -0.1) is 6.42 Å². The van der Waals surface area contributed by atoms with Crippen molar-refractivity contribution in [2.45, 2.75) is 24.1 Å². The lowest BCUT2D eigenvalue weighted by atomic mass is 9.94. The number of fused-ring (bicyclic) bond motifs is 1. The standard InChI is InChI=1S/C16H14ClNO5/c1-2-16(21)12(23-15(20)14(16)19)8-22-10-5-3-9-4-6-13(17)18-11(9)7-10/h1,3-7,12,14-15,19-21H,8H2/t12-,14+,15?,16-/m1/s1. The third-order valence-corrected chi connectivity index (χ3v) is 3.99. The summed E-state index contributed by atoms with van der Waals surface area (Å²) in [7, 11) is 0. The molecule has 1 fully saturated rings. The minimum atomic E-state index is -2.02. The Bertz CT molecular complexity index is 777. The van der Waals surface area contributed by atoms with Crippen LogP contribution in [0.3, 0.4) is 0 Å². The van der Waals surface area contributed by atoms with Crippen LogP contribution < -0.4 is 4.74 Å². The zero-order valence-electron chi connectivity index (χ0n) is 11.9. The number of hydrogen-bond donors (Lipinski definition) is 3. The number of halogens is 1. The summed E-state index contributed by atoms with van der Waals surface area (Å²) in [6.45, 7) is -0.152. The van der Waals surface area contributed by atoms with Gasteiger partial charge in [0.05, 0.1) is 5.52 Å². The fourth-order valence-corrected chi connectivity index (χ4v) is 2.59. The number of aliphatic hydroxyl groups is 3. The van der Waals surface area contributed by atoms with Crippen molar-refractivity contribution in [1.82, 2.24) is 4.98 Å². The predicted octanol–water partition coefficient (Wildman–Crippen LogP) is 0.709. The van der Waals surface area contributed by atoms with Crippen molar-refractivity contribution in [3.05, 3.63) is 35.5 Å². The van der Waals surface area contributed by atoms with Gasteiger partial charge >= 0.3 is 0 Å². The van der Waals surface area contributed by atoms with E-state index in [-0.39, 0.29) is 6.61 Å². The van der Waals surface area contributed by atoms with Gasteiger partial charge in [-0.25, -0.2) is 4.98 Å². The molecule has 1 unspecified atom stereocenters. The first-order chi connectivity index (χ1) is 10.9. The Morgan fingerprint density at radius 1 is 1.35 bits per heavy atom. The van der Waals surface area contributed by atoms with E-state index in [1.165, 1.54) is 0 Å². The lowest BCUT2D eigenvalue weighted by molar-refractivity contribution is -0.131. The maximum atomic E-state index is 10.2. The third kappa shape index (κ3) is 2.85. The molecule has 0 saturated carbocycles. The third-order valence-electron chi connectivity index (χ3n) is 3.78. The average molecular weight is 336 g/mol. The number of hydrogen-bond acceptors (Lipinski definition) is 6. The van der Waals surface area contributed by atoms with Crippen LogP contribution in [0.5, 0.6) is 5.75 Å². The number of pyridine rings is 1. The Morgan fingerprint density at radius 2 is 2.09 bits per heavy atom. The van der Waals surface area contributed by atoms with Crippen molar-refractivity contribution < 1.29 is 24.8 Å². The van der Waals surface area contributed by atoms with Crippen LogP contribution in [0.1, 0.15) is 0 Å². The van der Waals surface area contributed by atoms with Gasteiger partial charge in [-0.05, 0) is 24.3 Å². The molecular formula is C16H14ClNO5. The first-order valence-corrected chi connectivity index (χ1v) is 7.22. The topological polar surface area (TPSA) is 92.0 Å². The Kier molecular flexibility index (Phi) is 4.15.